The van der Waals surface area contributed by atoms with Gasteiger partial charge in [-0.25, -0.2) is 0 Å². The number of hydrogen-bond acceptors (Lipinski definition) is 3. The van der Waals surface area contributed by atoms with Gasteiger partial charge < -0.3 is 15.8 Å². The minimum absolute atomic E-state index is 0.0690. The first kappa shape index (κ1) is 16.4. The normalized spacial score (nSPS) is 11.7. The topological polar surface area (TPSA) is 64.3 Å². The number of thiocarbonyl (C=S) groups is 1. The van der Waals surface area contributed by atoms with Crippen molar-refractivity contribution in [2.45, 2.75) is 39.2 Å². The molecule has 0 saturated carbocycles. The third-order valence-corrected chi connectivity index (χ3v) is 2.93. The van der Waals surface area contributed by atoms with Gasteiger partial charge in [0.05, 0.1) is 11.6 Å². The van der Waals surface area contributed by atoms with Crippen molar-refractivity contribution in [2.24, 2.45) is 5.73 Å². The molecule has 0 fully saturated rings. The van der Waals surface area contributed by atoms with Crippen molar-refractivity contribution < 1.29 is 9.53 Å². The molecule has 0 heterocycles. The Morgan fingerprint density at radius 3 is 2.60 bits per heavy atom. The van der Waals surface area contributed by atoms with Crippen LogP contribution in [0.3, 0.4) is 0 Å². The number of ether oxygens (including phenoxy) is 1. The molecule has 0 aromatic heterocycles. The van der Waals surface area contributed by atoms with Crippen molar-refractivity contribution in [2.75, 3.05) is 6.61 Å². The van der Waals surface area contributed by atoms with Gasteiger partial charge in [-0.3, -0.25) is 4.79 Å². The molecule has 1 atom stereocenters. The first-order valence-electron chi connectivity index (χ1n) is 6.85. The van der Waals surface area contributed by atoms with E-state index in [1.807, 2.05) is 19.1 Å². The summed E-state index contributed by atoms with van der Waals surface area (Å²) in [6.07, 6.45) is 2.62. The van der Waals surface area contributed by atoms with Crippen LogP contribution in [0.4, 0.5) is 0 Å². The molecule has 0 aliphatic heterocycles. The van der Waals surface area contributed by atoms with E-state index in [1.54, 1.807) is 12.1 Å². The molecule has 110 valence electrons. The molecule has 1 unspecified atom stereocenters. The quantitative estimate of drug-likeness (QED) is 0.571. The van der Waals surface area contributed by atoms with Crippen LogP contribution in [-0.4, -0.2) is 23.5 Å². The Bertz CT molecular complexity index is 446. The smallest absolute Gasteiger partial charge is 0.251 e. The lowest BCUT2D eigenvalue weighted by Crippen LogP contribution is -2.35. The van der Waals surface area contributed by atoms with Gasteiger partial charge in [-0.15, -0.1) is 0 Å². The fourth-order valence-corrected chi connectivity index (χ4v) is 1.95. The number of unbranched alkanes of at least 4 members (excludes halogenated alkanes) is 1. The average molecular weight is 294 g/mol. The molecule has 0 radical (unpaired) electrons. The lowest BCUT2D eigenvalue weighted by Gasteiger charge is -2.13. The maximum atomic E-state index is 12.0. The number of nitrogens with one attached hydrogen (secondary N) is 1. The summed E-state index contributed by atoms with van der Waals surface area (Å²) in [7, 11) is 0. The molecule has 1 rings (SSSR count). The second-order valence-corrected chi connectivity index (χ2v) is 5.30. The van der Waals surface area contributed by atoms with Gasteiger partial charge >= 0.3 is 0 Å². The zero-order valence-corrected chi connectivity index (χ0v) is 12.8. The van der Waals surface area contributed by atoms with Crippen LogP contribution in [0, 0.1) is 0 Å². The van der Waals surface area contributed by atoms with Crippen LogP contribution >= 0.6 is 12.2 Å². The monoisotopic (exact) mass is 294 g/mol. The van der Waals surface area contributed by atoms with Gasteiger partial charge in [0.25, 0.3) is 5.91 Å². The Morgan fingerprint density at radius 1 is 1.40 bits per heavy atom. The van der Waals surface area contributed by atoms with Gasteiger partial charge in [0.15, 0.2) is 0 Å². The molecule has 5 heteroatoms. The number of carbonyl (C=O) groups excluding carboxylic acids is 1. The molecule has 0 aliphatic rings. The third kappa shape index (κ3) is 6.02. The van der Waals surface area contributed by atoms with Crippen molar-refractivity contribution in [1.82, 2.24) is 5.32 Å². The summed E-state index contributed by atoms with van der Waals surface area (Å²) in [6.45, 7) is 4.69. The summed E-state index contributed by atoms with van der Waals surface area (Å²) in [6, 6.07) is 7.06. The van der Waals surface area contributed by atoms with Crippen LogP contribution in [0.25, 0.3) is 0 Å². The number of benzene rings is 1. The highest BCUT2D eigenvalue weighted by Gasteiger charge is 2.10. The van der Waals surface area contributed by atoms with E-state index < -0.39 is 0 Å². The minimum Gasteiger partial charge on any atom is -0.494 e. The van der Waals surface area contributed by atoms with Gasteiger partial charge in [0.1, 0.15) is 5.75 Å². The number of nitrogens with two attached hydrogens (primary N) is 1. The molecular formula is C15H22N2O2S. The number of rotatable bonds is 8. The zero-order chi connectivity index (χ0) is 15.0. The van der Waals surface area contributed by atoms with Crippen LogP contribution in [0.1, 0.15) is 43.5 Å². The highest BCUT2D eigenvalue weighted by molar-refractivity contribution is 7.80. The highest BCUT2D eigenvalue weighted by atomic mass is 32.1. The first-order valence-corrected chi connectivity index (χ1v) is 7.25. The molecule has 0 spiro atoms. The Labute approximate surface area is 125 Å². The van der Waals surface area contributed by atoms with E-state index in [9.17, 15) is 4.79 Å². The molecule has 1 aromatic rings. The SMILES string of the molecule is CCCCOc1ccc(C(=O)NC(C)CC(N)=S)cc1. The third-order valence-electron chi connectivity index (χ3n) is 2.77. The summed E-state index contributed by atoms with van der Waals surface area (Å²) in [5.41, 5.74) is 6.05. The van der Waals surface area contributed by atoms with E-state index in [0.717, 1.165) is 18.6 Å². The van der Waals surface area contributed by atoms with Crippen LogP contribution in [0.2, 0.25) is 0 Å². The number of amides is 1. The molecular weight excluding hydrogens is 272 g/mol. The molecule has 0 saturated heterocycles. The van der Waals surface area contributed by atoms with E-state index in [0.29, 0.717) is 23.6 Å². The van der Waals surface area contributed by atoms with Gasteiger partial charge in [0.2, 0.25) is 0 Å². The Kier molecular flexibility index (Phi) is 7.01. The summed E-state index contributed by atoms with van der Waals surface area (Å²) in [5, 5.41) is 2.85. The van der Waals surface area contributed by atoms with Crippen molar-refractivity contribution in [1.29, 1.82) is 0 Å². The van der Waals surface area contributed by atoms with Crippen LogP contribution in [0.15, 0.2) is 24.3 Å². The predicted octanol–water partition coefficient (Wildman–Crippen LogP) is 2.66. The molecule has 4 nitrogen and oxygen atoms in total. The van der Waals surface area contributed by atoms with Gasteiger partial charge in [0, 0.05) is 18.0 Å². The summed E-state index contributed by atoms with van der Waals surface area (Å²) >= 11 is 4.82. The van der Waals surface area contributed by atoms with Gasteiger partial charge in [-0.05, 0) is 37.6 Å². The van der Waals surface area contributed by atoms with Crippen LogP contribution in [-0.2, 0) is 0 Å². The average Bonchev–Trinajstić information content (AvgIpc) is 2.38. The highest BCUT2D eigenvalue weighted by Crippen LogP contribution is 2.13. The van der Waals surface area contributed by atoms with Gasteiger partial charge in [-0.1, -0.05) is 25.6 Å². The Balaban J connectivity index is 2.50. The Morgan fingerprint density at radius 2 is 2.05 bits per heavy atom. The summed E-state index contributed by atoms with van der Waals surface area (Å²) in [4.78, 5) is 12.4. The van der Waals surface area contributed by atoms with Crippen LogP contribution < -0.4 is 15.8 Å². The second-order valence-electron chi connectivity index (χ2n) is 4.77. The number of carbonyl (C=O) groups is 1. The van der Waals surface area contributed by atoms with E-state index in [4.69, 9.17) is 22.7 Å². The lowest BCUT2D eigenvalue weighted by molar-refractivity contribution is 0.0941. The molecule has 0 aliphatic carbocycles. The van der Waals surface area contributed by atoms with Crippen molar-refractivity contribution in [3.63, 3.8) is 0 Å². The zero-order valence-electron chi connectivity index (χ0n) is 12.0. The summed E-state index contributed by atoms with van der Waals surface area (Å²) < 4.78 is 5.55. The molecule has 1 aromatic carbocycles. The van der Waals surface area contributed by atoms with Gasteiger partial charge in [-0.2, -0.15) is 0 Å². The maximum Gasteiger partial charge on any atom is 0.251 e. The van der Waals surface area contributed by atoms with Crippen molar-refractivity contribution in [3.05, 3.63) is 29.8 Å². The molecule has 20 heavy (non-hydrogen) atoms. The molecule has 0 bridgehead atoms. The number of hydrogen-bond donors (Lipinski definition) is 2. The minimum atomic E-state index is -0.131. The standard InChI is InChI=1S/C15H22N2O2S/c1-3-4-9-19-13-7-5-12(6-8-13)15(18)17-11(2)10-14(16)20/h5-8,11H,3-4,9-10H2,1-2H3,(H2,16,20)(H,17,18). The molecule has 1 amide bonds. The maximum absolute atomic E-state index is 12.0. The lowest BCUT2D eigenvalue weighted by atomic mass is 10.1. The van der Waals surface area contributed by atoms with E-state index >= 15 is 0 Å². The van der Waals surface area contributed by atoms with Crippen molar-refractivity contribution >= 4 is 23.1 Å². The summed E-state index contributed by atoms with van der Waals surface area (Å²) in [5.74, 6) is 0.653. The van der Waals surface area contributed by atoms with E-state index in [-0.39, 0.29) is 11.9 Å². The largest absolute Gasteiger partial charge is 0.494 e. The van der Waals surface area contributed by atoms with E-state index in [1.165, 1.54) is 0 Å². The predicted molar refractivity (Wildman–Crippen MR) is 85.2 cm³/mol. The Hall–Kier alpha value is -1.62. The van der Waals surface area contributed by atoms with Crippen LogP contribution in [0.5, 0.6) is 5.75 Å². The fourth-order valence-electron chi connectivity index (χ4n) is 1.70. The first-order chi connectivity index (χ1) is 9.52. The van der Waals surface area contributed by atoms with Crippen molar-refractivity contribution in [3.8, 4) is 5.75 Å². The fraction of sp³-hybridized carbons (Fsp3) is 0.467. The van der Waals surface area contributed by atoms with E-state index in [2.05, 4.69) is 12.2 Å². The second kappa shape index (κ2) is 8.53. The molecule has 3 N–H and O–H groups in total.